The van der Waals surface area contributed by atoms with Gasteiger partial charge in [-0.25, -0.2) is 8.42 Å². The van der Waals surface area contributed by atoms with Crippen LogP contribution in [-0.2, 0) is 14.8 Å². The van der Waals surface area contributed by atoms with E-state index in [1.54, 1.807) is 30.5 Å². The van der Waals surface area contributed by atoms with Gasteiger partial charge in [0.15, 0.2) is 0 Å². The van der Waals surface area contributed by atoms with Gasteiger partial charge < -0.3 is 10.1 Å². The Morgan fingerprint density at radius 3 is 2.85 bits per heavy atom. The van der Waals surface area contributed by atoms with Crippen molar-refractivity contribution in [3.63, 3.8) is 0 Å². The van der Waals surface area contributed by atoms with Crippen molar-refractivity contribution in [1.82, 2.24) is 4.98 Å². The van der Waals surface area contributed by atoms with Crippen LogP contribution in [0.4, 0.5) is 5.69 Å². The predicted octanol–water partition coefficient (Wildman–Crippen LogP) is 3.29. The zero-order valence-electron chi connectivity index (χ0n) is 14.1. The number of fused-ring (bicyclic) bond motifs is 1. The van der Waals surface area contributed by atoms with Crippen molar-refractivity contribution in [2.24, 2.45) is 4.99 Å². The number of anilines is 1. The molecule has 0 aliphatic carbocycles. The molecule has 7 nitrogen and oxygen atoms in total. The number of thioether (sulfide) groups is 1. The highest BCUT2D eigenvalue weighted by Crippen LogP contribution is 2.32. The smallest absolute Gasteiger partial charge is 0.318 e. The van der Waals surface area contributed by atoms with E-state index in [1.165, 1.54) is 23.1 Å². The molecule has 1 atom stereocenters. The highest BCUT2D eigenvalue weighted by atomic mass is 32.2. The average Bonchev–Trinajstić information content (AvgIpc) is 3.33. The number of aryl methyl sites for hydroxylation is 1. The largest absolute Gasteiger partial charge is 0.480 e. The van der Waals surface area contributed by atoms with Gasteiger partial charge in [0.1, 0.15) is 14.5 Å². The van der Waals surface area contributed by atoms with E-state index >= 15 is 0 Å². The second-order valence-electron chi connectivity index (χ2n) is 6.04. The Morgan fingerprint density at radius 1 is 1.37 bits per heavy atom. The summed E-state index contributed by atoms with van der Waals surface area (Å²) in [6, 6.07) is 8.92. The number of carboxylic acid groups (broad SMARTS) is 1. The van der Waals surface area contributed by atoms with E-state index in [0.717, 1.165) is 5.39 Å². The summed E-state index contributed by atoms with van der Waals surface area (Å²) >= 11 is 2.36. The van der Waals surface area contributed by atoms with Crippen molar-refractivity contribution >= 4 is 60.7 Å². The van der Waals surface area contributed by atoms with E-state index in [9.17, 15) is 13.2 Å². The van der Waals surface area contributed by atoms with Crippen LogP contribution in [-0.4, -0.2) is 41.3 Å². The van der Waals surface area contributed by atoms with Crippen molar-refractivity contribution in [3.05, 3.63) is 47.0 Å². The zero-order chi connectivity index (χ0) is 19.2. The quantitative estimate of drug-likeness (QED) is 0.585. The van der Waals surface area contributed by atoms with Crippen LogP contribution in [0.3, 0.4) is 0 Å². The van der Waals surface area contributed by atoms with Crippen molar-refractivity contribution in [3.8, 4) is 0 Å². The number of nitrogens with zero attached hydrogens (tertiary/aromatic N) is 1. The fourth-order valence-electron chi connectivity index (χ4n) is 2.83. The number of carboxylic acids is 1. The number of aliphatic imine (C=N–C) groups is 1. The van der Waals surface area contributed by atoms with Crippen LogP contribution >= 0.6 is 23.1 Å². The molecule has 27 heavy (non-hydrogen) atoms. The van der Waals surface area contributed by atoms with Crippen LogP contribution in [0, 0.1) is 6.92 Å². The molecule has 0 fully saturated rings. The predicted molar refractivity (Wildman–Crippen MR) is 109 cm³/mol. The first-order valence-corrected chi connectivity index (χ1v) is 11.2. The number of thiophene rings is 1. The molecule has 1 aromatic carbocycles. The number of carbonyl (C=O) groups is 1. The van der Waals surface area contributed by atoms with Gasteiger partial charge in [0.2, 0.25) is 0 Å². The van der Waals surface area contributed by atoms with Crippen molar-refractivity contribution < 1.29 is 18.3 Å². The summed E-state index contributed by atoms with van der Waals surface area (Å²) in [5.41, 5.74) is 2.44. The number of aromatic amines is 1. The van der Waals surface area contributed by atoms with Gasteiger partial charge in [0.25, 0.3) is 10.0 Å². The first-order chi connectivity index (χ1) is 12.8. The Balaban J connectivity index is 1.68. The topological polar surface area (TPSA) is 112 Å². The third-order valence-electron chi connectivity index (χ3n) is 4.12. The lowest BCUT2D eigenvalue weighted by Crippen LogP contribution is -2.16. The summed E-state index contributed by atoms with van der Waals surface area (Å²) in [6.45, 7) is 1.98. The number of sulfonamides is 1. The van der Waals surface area contributed by atoms with Gasteiger partial charge in [-0.15, -0.1) is 11.3 Å². The molecule has 3 aromatic rings. The minimum atomic E-state index is -3.69. The summed E-state index contributed by atoms with van der Waals surface area (Å²) in [4.78, 5) is 18.6. The molecular formula is C17H15N3O4S3. The number of benzene rings is 1. The van der Waals surface area contributed by atoms with Crippen LogP contribution in [0.5, 0.6) is 0 Å². The third-order valence-corrected chi connectivity index (χ3v) is 8.38. The van der Waals surface area contributed by atoms with Gasteiger partial charge in [-0.3, -0.25) is 14.5 Å². The maximum atomic E-state index is 12.7. The Morgan fingerprint density at radius 2 is 2.19 bits per heavy atom. The lowest BCUT2D eigenvalue weighted by molar-refractivity contribution is -0.136. The molecule has 0 spiro atoms. The van der Waals surface area contributed by atoms with Crippen LogP contribution in [0.1, 0.15) is 11.3 Å². The first-order valence-electron chi connectivity index (χ1n) is 7.98. The van der Waals surface area contributed by atoms with Crippen LogP contribution in [0.15, 0.2) is 44.9 Å². The average molecular weight is 422 g/mol. The number of para-hydroxylation sites is 1. The Kier molecular flexibility index (Phi) is 4.49. The van der Waals surface area contributed by atoms with Gasteiger partial charge in [-0.2, -0.15) is 0 Å². The van der Waals surface area contributed by atoms with E-state index in [2.05, 4.69) is 14.7 Å². The summed E-state index contributed by atoms with van der Waals surface area (Å²) in [5.74, 6) is -0.894. The minimum Gasteiger partial charge on any atom is -0.480 e. The summed E-state index contributed by atoms with van der Waals surface area (Å²) in [7, 11) is -3.69. The molecule has 10 heteroatoms. The standard InChI is InChI=1S/C17H15N3O4S3/c1-9-5-6-25-17(9)27(23,24)20-11-4-2-3-10-7-12(19-14(10)11)15-18-8-13(26-15)16(21)22/h2-7,13,19-20H,8H2,1H3,(H,21,22). The highest BCUT2D eigenvalue weighted by Gasteiger charge is 2.28. The molecule has 2 aromatic heterocycles. The molecule has 0 amide bonds. The Hall–Kier alpha value is -2.30. The molecule has 3 N–H and O–H groups in total. The molecule has 0 saturated heterocycles. The molecule has 140 valence electrons. The monoisotopic (exact) mass is 421 g/mol. The number of aromatic nitrogens is 1. The Labute approximate surface area is 163 Å². The number of hydrogen-bond donors (Lipinski definition) is 3. The fraction of sp³-hybridized carbons (Fsp3) is 0.176. The molecule has 3 heterocycles. The van der Waals surface area contributed by atoms with Gasteiger partial charge in [0.05, 0.1) is 23.4 Å². The zero-order valence-corrected chi connectivity index (χ0v) is 16.5. The van der Waals surface area contributed by atoms with Gasteiger partial charge in [0, 0.05) is 5.39 Å². The number of nitrogens with one attached hydrogen (secondary N) is 2. The lowest BCUT2D eigenvalue weighted by Gasteiger charge is -2.08. The van der Waals surface area contributed by atoms with E-state index in [4.69, 9.17) is 5.11 Å². The summed E-state index contributed by atoms with van der Waals surface area (Å²) < 4.78 is 28.3. The molecule has 4 rings (SSSR count). The SMILES string of the molecule is Cc1ccsc1S(=O)(=O)Nc1cccc2cc(C3=NCC(C(=O)O)S3)[nH]c12. The molecule has 0 saturated carbocycles. The number of H-pyrrole nitrogens is 1. The van der Waals surface area contributed by atoms with Crippen molar-refractivity contribution in [1.29, 1.82) is 0 Å². The Bertz CT molecular complexity index is 1180. The summed E-state index contributed by atoms with van der Waals surface area (Å²) in [6.07, 6.45) is 0. The molecule has 1 unspecified atom stereocenters. The number of aliphatic carboxylic acids is 1. The molecular weight excluding hydrogens is 406 g/mol. The maximum absolute atomic E-state index is 12.7. The normalized spacial score (nSPS) is 17.2. The second kappa shape index (κ2) is 6.70. The maximum Gasteiger partial charge on any atom is 0.318 e. The number of hydrogen-bond acceptors (Lipinski definition) is 6. The van der Waals surface area contributed by atoms with Crippen LogP contribution in [0.25, 0.3) is 10.9 Å². The highest BCUT2D eigenvalue weighted by molar-refractivity contribution is 8.15. The van der Waals surface area contributed by atoms with Gasteiger partial charge in [-0.1, -0.05) is 23.9 Å². The minimum absolute atomic E-state index is 0.224. The van der Waals surface area contributed by atoms with Gasteiger partial charge in [-0.05, 0) is 36.1 Å². The van der Waals surface area contributed by atoms with Crippen LogP contribution in [0.2, 0.25) is 0 Å². The molecule has 1 aliphatic heterocycles. The first kappa shape index (κ1) is 18.1. The molecule has 0 radical (unpaired) electrons. The van der Waals surface area contributed by atoms with E-state index in [-0.39, 0.29) is 10.8 Å². The van der Waals surface area contributed by atoms with E-state index in [0.29, 0.717) is 27.5 Å². The summed E-state index contributed by atoms with van der Waals surface area (Å²) in [5, 5.41) is 11.7. The third kappa shape index (κ3) is 3.35. The van der Waals surface area contributed by atoms with E-state index < -0.39 is 21.2 Å². The van der Waals surface area contributed by atoms with Crippen molar-refractivity contribution in [2.45, 2.75) is 16.4 Å². The van der Waals surface area contributed by atoms with Crippen molar-refractivity contribution in [2.75, 3.05) is 11.3 Å². The second-order valence-corrected chi connectivity index (χ2v) is 10.0. The number of rotatable bonds is 5. The molecule has 1 aliphatic rings. The fourth-order valence-corrected chi connectivity index (χ4v) is 6.23. The van der Waals surface area contributed by atoms with E-state index in [1.807, 2.05) is 12.1 Å². The van der Waals surface area contributed by atoms with Gasteiger partial charge >= 0.3 is 5.97 Å². The molecule has 0 bridgehead atoms. The van der Waals surface area contributed by atoms with Crippen LogP contribution < -0.4 is 4.72 Å². The lowest BCUT2D eigenvalue weighted by atomic mass is 10.2.